The van der Waals surface area contributed by atoms with Gasteiger partial charge >= 0.3 is 0 Å². The van der Waals surface area contributed by atoms with Gasteiger partial charge in [-0.05, 0) is 66.6 Å². The maximum absolute atomic E-state index is 13.7. The van der Waals surface area contributed by atoms with Crippen LogP contribution in [0.25, 0.3) is 0 Å². The maximum Gasteiger partial charge on any atom is 0.296 e. The van der Waals surface area contributed by atoms with Gasteiger partial charge in [-0.1, -0.05) is 24.3 Å². The minimum atomic E-state index is -5.05. The van der Waals surface area contributed by atoms with E-state index < -0.39 is 68.7 Å². The van der Waals surface area contributed by atoms with Gasteiger partial charge in [-0.2, -0.15) is 35.2 Å². The van der Waals surface area contributed by atoms with Gasteiger partial charge < -0.3 is 16.4 Å². The Morgan fingerprint density at radius 3 is 1.89 bits per heavy atom. The van der Waals surface area contributed by atoms with Crippen molar-refractivity contribution in [1.29, 1.82) is 0 Å². The van der Waals surface area contributed by atoms with Crippen LogP contribution >= 0.6 is 11.6 Å². The van der Waals surface area contributed by atoms with Gasteiger partial charge in [0, 0.05) is 111 Å². The Labute approximate surface area is 383 Å². The number of H-pyrrole nitrogens is 1. The average molecular weight is 857 g/mol. The van der Waals surface area contributed by atoms with E-state index in [1.807, 2.05) is 0 Å². The molecule has 1 heterocycles. The number of aromatic amines is 1. The van der Waals surface area contributed by atoms with Gasteiger partial charge in [-0.25, -0.2) is 4.99 Å². The number of halogens is 1. The summed E-state index contributed by atoms with van der Waals surface area (Å²) in [7, 11) is -14.5. The number of carbonyl (C=O) groups excluding carboxylic acids is 2. The van der Waals surface area contributed by atoms with Gasteiger partial charge in [-0.15, -0.1) is 0 Å². The third-order valence-electron chi connectivity index (χ3n) is 7.59. The fourth-order valence-electron chi connectivity index (χ4n) is 5.31. The summed E-state index contributed by atoms with van der Waals surface area (Å²) in [6.45, 7) is 1.52. The number of nitrogen functional groups attached to an aromatic ring is 1. The van der Waals surface area contributed by atoms with Crippen LogP contribution < -0.4 is 22.0 Å². The zero-order chi connectivity index (χ0) is 37.9. The molecule has 3 radical (unpaired) electrons. The number of anilines is 5. The van der Waals surface area contributed by atoms with Crippen molar-refractivity contribution in [2.24, 2.45) is 4.99 Å². The summed E-state index contributed by atoms with van der Waals surface area (Å²) in [5, 5.41) is 5.24. The summed E-state index contributed by atoms with van der Waals surface area (Å²) in [6.07, 6.45) is 0. The number of nitrogens with zero attached hydrogens (tertiary/aromatic N) is 3. The van der Waals surface area contributed by atoms with Gasteiger partial charge in [0.15, 0.2) is 11.6 Å². The number of fused-ring (bicyclic) bond motifs is 2. The van der Waals surface area contributed by atoms with Crippen LogP contribution in [-0.2, 0) is 30.4 Å². The second-order valence-corrected chi connectivity index (χ2v) is 15.6. The van der Waals surface area contributed by atoms with Crippen LogP contribution in [0.3, 0.4) is 0 Å². The molecular weight excluding hydrogens is 835 g/mol. The standard InChI is InChI=1S/C30H22ClN7O11S3.3Na/c1-13-10-15(50(41,42)43)7-8-18(13)34-29-36-28(31)37-30(38-29)35-19-11-14(6-9-21(19)51(44,45)46)33-20-12-22(52(47,48)49)25(32)24-23(20)26(39)16-4-2-3-5-17(16)27(24)40;;;/h2-12,33H,32H2,1H3,(H,41,42,43)(H,44,45,46)(H,47,48,49)(H2,34,35,36,37,38);;;. The Bertz CT molecular complexity index is 2820. The van der Waals surface area contributed by atoms with Crippen molar-refractivity contribution < 1.29 is 48.5 Å². The quantitative estimate of drug-likeness (QED) is 0.0657. The fourth-order valence-corrected chi connectivity index (χ4v) is 7.29. The summed E-state index contributed by atoms with van der Waals surface area (Å²) >= 11 is 6.13. The van der Waals surface area contributed by atoms with Crippen LogP contribution in [0.4, 0.5) is 34.4 Å². The van der Waals surface area contributed by atoms with Gasteiger partial charge in [0.1, 0.15) is 9.79 Å². The first-order valence-electron chi connectivity index (χ1n) is 14.3. The topological polar surface area (TPSA) is 301 Å². The maximum atomic E-state index is 13.7. The Morgan fingerprint density at radius 1 is 0.727 bits per heavy atom. The van der Waals surface area contributed by atoms with E-state index in [0.717, 1.165) is 30.3 Å². The first-order chi connectivity index (χ1) is 24.2. The molecule has 6 rings (SSSR count). The van der Waals surface area contributed by atoms with E-state index in [2.05, 4.69) is 30.6 Å². The van der Waals surface area contributed by atoms with E-state index >= 15 is 0 Å². The molecule has 1 aromatic heterocycles. The number of hydrogen-bond donors (Lipinski definition) is 7. The smallest absolute Gasteiger partial charge is 0.296 e. The first kappa shape index (κ1) is 46.8. The summed E-state index contributed by atoms with van der Waals surface area (Å²) in [5.41, 5.74) is 3.90. The third-order valence-corrected chi connectivity index (χ3v) is 10.4. The molecule has 1 aliphatic rings. The van der Waals surface area contributed by atoms with Crippen LogP contribution in [0.15, 0.2) is 86.4 Å². The van der Waals surface area contributed by atoms with Gasteiger partial charge in [-0.3, -0.25) is 28.2 Å². The SMILES string of the molecule is Cc1cc(S(=O)(=O)O)ccc1Nc1nc(Cl)[nH]c(=Nc2cc(Nc3cc(S(=O)(=O)O)c(N)c4c3C(=O)c3ccccc3C4=O)ccc2S(=O)(=O)O)n1.[Na].[Na].[Na]. The number of aryl methyl sites for hydroxylation is 1. The molecule has 0 spiro atoms. The molecule has 0 fully saturated rings. The van der Waals surface area contributed by atoms with E-state index in [-0.39, 0.29) is 144 Å². The molecule has 0 saturated carbocycles. The van der Waals surface area contributed by atoms with Gasteiger partial charge in [0.25, 0.3) is 30.4 Å². The van der Waals surface area contributed by atoms with Crippen molar-refractivity contribution in [2.45, 2.75) is 21.6 Å². The summed E-state index contributed by atoms with van der Waals surface area (Å²) < 4.78 is 102. The normalized spacial score (nSPS) is 12.7. The number of carbonyl (C=O) groups is 2. The van der Waals surface area contributed by atoms with Crippen molar-refractivity contribution >= 4 is 177 Å². The van der Waals surface area contributed by atoms with Crippen molar-refractivity contribution in [2.75, 3.05) is 16.4 Å². The van der Waals surface area contributed by atoms with Crippen LogP contribution in [0.2, 0.25) is 5.28 Å². The predicted octanol–water partition coefficient (Wildman–Crippen LogP) is 2.44. The van der Waals surface area contributed by atoms with Gasteiger partial charge in [0.05, 0.1) is 33.1 Å². The fraction of sp³-hybridized carbons (Fsp3) is 0.0333. The van der Waals surface area contributed by atoms with Crippen LogP contribution in [0.1, 0.15) is 37.4 Å². The van der Waals surface area contributed by atoms with Crippen molar-refractivity contribution in [3.8, 4) is 0 Å². The average Bonchev–Trinajstić information content (AvgIpc) is 3.03. The Balaban J connectivity index is 0.00000271. The molecule has 4 aromatic carbocycles. The molecule has 25 heteroatoms. The molecule has 55 heavy (non-hydrogen) atoms. The van der Waals surface area contributed by atoms with Crippen LogP contribution in [0, 0.1) is 6.92 Å². The molecule has 0 unspecified atom stereocenters. The van der Waals surface area contributed by atoms with E-state index in [9.17, 15) is 48.5 Å². The second kappa shape index (κ2) is 17.5. The molecule has 0 bridgehead atoms. The molecular formula is C30H22ClN7Na3O11S3. The van der Waals surface area contributed by atoms with E-state index in [4.69, 9.17) is 17.3 Å². The van der Waals surface area contributed by atoms with E-state index in [0.29, 0.717) is 5.56 Å². The monoisotopic (exact) mass is 856 g/mol. The molecule has 0 aliphatic heterocycles. The predicted molar refractivity (Wildman–Crippen MR) is 202 cm³/mol. The summed E-state index contributed by atoms with van der Waals surface area (Å²) in [6, 6.07) is 13.3. The molecule has 0 amide bonds. The van der Waals surface area contributed by atoms with Crippen molar-refractivity contribution in [1.82, 2.24) is 15.0 Å². The molecule has 18 nitrogen and oxygen atoms in total. The minimum absolute atomic E-state index is 0. The molecule has 1 aliphatic carbocycles. The number of aromatic nitrogens is 3. The zero-order valence-electron chi connectivity index (χ0n) is 29.0. The molecule has 0 atom stereocenters. The van der Waals surface area contributed by atoms with Crippen LogP contribution in [-0.4, -0.2) is 154 Å². The van der Waals surface area contributed by atoms with Crippen molar-refractivity contribution in [3.05, 3.63) is 105 Å². The minimum Gasteiger partial charge on any atom is -0.397 e. The van der Waals surface area contributed by atoms with Gasteiger partial charge in [0.2, 0.25) is 16.9 Å². The number of ketones is 2. The zero-order valence-corrected chi connectivity index (χ0v) is 38.2. The largest absolute Gasteiger partial charge is 0.397 e. The van der Waals surface area contributed by atoms with Crippen LogP contribution in [0.5, 0.6) is 0 Å². The van der Waals surface area contributed by atoms with Crippen molar-refractivity contribution in [3.63, 3.8) is 0 Å². The Hall–Kier alpha value is -2.55. The van der Waals surface area contributed by atoms with E-state index in [1.54, 1.807) is 0 Å². The Kier molecular flexibility index (Phi) is 14.9. The second-order valence-electron chi connectivity index (χ2n) is 11.0. The molecule has 0 saturated heterocycles. The molecule has 271 valence electrons. The number of hydrogen-bond acceptors (Lipinski definition) is 14. The summed E-state index contributed by atoms with van der Waals surface area (Å²) in [5.74, 6) is -1.71. The Morgan fingerprint density at radius 2 is 1.33 bits per heavy atom. The number of nitrogens with two attached hydrogens (primary N) is 1. The molecule has 5 aromatic rings. The third kappa shape index (κ3) is 9.95. The number of benzene rings is 4. The number of rotatable bonds is 8. The summed E-state index contributed by atoms with van der Waals surface area (Å²) in [4.78, 5) is 40.0. The number of nitrogens with one attached hydrogen (secondary N) is 3. The molecule has 8 N–H and O–H groups in total. The van der Waals surface area contributed by atoms with E-state index in [1.165, 1.54) is 43.3 Å². The first-order valence-corrected chi connectivity index (χ1v) is 19.0.